The molecule has 150 valence electrons. The van der Waals surface area contributed by atoms with Crippen LogP contribution in [0.25, 0.3) is 0 Å². The minimum Gasteiger partial charge on any atom is -1.00 e. The van der Waals surface area contributed by atoms with Crippen LogP contribution in [-0.2, 0) is 4.79 Å². The van der Waals surface area contributed by atoms with Crippen LogP contribution in [0.5, 0.6) is 0 Å². The van der Waals surface area contributed by atoms with E-state index in [9.17, 15) is 4.79 Å². The predicted molar refractivity (Wildman–Crippen MR) is 106 cm³/mol. The first-order valence-electron chi connectivity index (χ1n) is 10.1. The normalized spacial score (nSPS) is 11.0. The van der Waals surface area contributed by atoms with Crippen molar-refractivity contribution in [2.75, 3.05) is 40.8 Å². The molecule has 0 radical (unpaired) electrons. The molecule has 0 N–H and O–H groups in total. The topological polar surface area (TPSA) is 20.3 Å². The van der Waals surface area contributed by atoms with E-state index >= 15 is 0 Å². The number of nitrogens with zero attached hydrogens (tertiary/aromatic N) is 2. The van der Waals surface area contributed by atoms with Gasteiger partial charge in [0.15, 0.2) is 0 Å². The molecule has 0 aliphatic heterocycles. The summed E-state index contributed by atoms with van der Waals surface area (Å²) in [7, 11) is 6.47. The predicted octanol–water partition coefficient (Wildman–Crippen LogP) is 2.02. The van der Waals surface area contributed by atoms with Gasteiger partial charge in [0, 0.05) is 20.0 Å². The zero-order valence-electron chi connectivity index (χ0n) is 17.4. The molecule has 0 aromatic heterocycles. The van der Waals surface area contributed by atoms with Gasteiger partial charge in [0.1, 0.15) is 0 Å². The van der Waals surface area contributed by atoms with Gasteiger partial charge in [-0.1, -0.05) is 64.9 Å². The van der Waals surface area contributed by atoms with Crippen LogP contribution in [0, 0.1) is 0 Å². The van der Waals surface area contributed by atoms with Gasteiger partial charge in [0.05, 0.1) is 27.2 Å². The molecule has 0 saturated carbocycles. The Morgan fingerprint density at radius 2 is 1.32 bits per heavy atom. The molecular weight excluding hydrogens is 332 g/mol. The van der Waals surface area contributed by atoms with Gasteiger partial charge in [-0.2, -0.15) is 0 Å². The molecule has 0 fully saturated rings. The van der Waals surface area contributed by atoms with Crippen LogP contribution in [0.2, 0.25) is 0 Å². The van der Waals surface area contributed by atoms with Crippen molar-refractivity contribution in [1.82, 2.24) is 4.90 Å². The third-order valence-electron chi connectivity index (χ3n) is 4.92. The highest BCUT2D eigenvalue weighted by Gasteiger charge is 2.15. The molecule has 0 rings (SSSR count). The van der Waals surface area contributed by atoms with E-state index in [2.05, 4.69) is 27.6 Å². The summed E-state index contributed by atoms with van der Waals surface area (Å²) in [5.74, 6) is 0.0231. The maximum atomic E-state index is 11.4. The molecule has 3 nitrogen and oxygen atoms in total. The summed E-state index contributed by atoms with van der Waals surface area (Å²) >= 11 is 0. The van der Waals surface area contributed by atoms with Crippen molar-refractivity contribution in [2.24, 2.45) is 0 Å². The van der Waals surface area contributed by atoms with Crippen LogP contribution in [-0.4, -0.2) is 56.1 Å². The SMILES string of the molecule is C=CC(=O)N(C)CCC[N+](C)(C)CCCCCCCCCCCC.[Cl-]. The summed E-state index contributed by atoms with van der Waals surface area (Å²) in [5.41, 5.74) is 0. The molecule has 0 aliphatic rings. The minimum atomic E-state index is 0. The summed E-state index contributed by atoms with van der Waals surface area (Å²) in [6, 6.07) is 0. The summed E-state index contributed by atoms with van der Waals surface area (Å²) < 4.78 is 1.06. The Bertz CT molecular complexity index is 332. The Hall–Kier alpha value is -0.540. The first kappa shape index (κ1) is 26.7. The third-order valence-corrected chi connectivity index (χ3v) is 4.92. The van der Waals surface area contributed by atoms with Gasteiger partial charge in [-0.3, -0.25) is 4.79 Å². The molecule has 0 aromatic carbocycles. The van der Waals surface area contributed by atoms with Crippen molar-refractivity contribution in [3.05, 3.63) is 12.7 Å². The number of rotatable bonds is 16. The standard InChI is InChI=1S/C21H43N2O.ClH/c1-6-8-9-10-11-12-13-14-15-16-19-23(4,5)20-17-18-22(3)21(24)7-2;/h7H,2,6,8-20H2,1,3-5H3;1H/q+1;/p-1. The second-order valence-corrected chi connectivity index (χ2v) is 7.88. The summed E-state index contributed by atoms with van der Waals surface area (Å²) in [6.07, 6.45) is 16.4. The maximum Gasteiger partial charge on any atom is 0.245 e. The number of amides is 1. The molecular formula is C21H43ClN2O. The van der Waals surface area contributed by atoms with E-state index in [1.54, 1.807) is 4.90 Å². The van der Waals surface area contributed by atoms with Crippen molar-refractivity contribution < 1.29 is 21.7 Å². The van der Waals surface area contributed by atoms with Crippen LogP contribution in [0.3, 0.4) is 0 Å². The second-order valence-electron chi connectivity index (χ2n) is 7.88. The number of carbonyl (C=O) groups excluding carboxylic acids is 1. The van der Waals surface area contributed by atoms with E-state index in [-0.39, 0.29) is 18.3 Å². The smallest absolute Gasteiger partial charge is 0.245 e. The Kier molecular flexibility index (Phi) is 18.0. The molecule has 0 aromatic rings. The molecule has 0 spiro atoms. The molecule has 0 aliphatic carbocycles. The van der Waals surface area contributed by atoms with Gasteiger partial charge >= 0.3 is 0 Å². The van der Waals surface area contributed by atoms with Gasteiger partial charge in [-0.15, -0.1) is 0 Å². The number of hydrogen-bond donors (Lipinski definition) is 0. The first-order chi connectivity index (χ1) is 11.4. The van der Waals surface area contributed by atoms with E-state index < -0.39 is 0 Å². The number of halogens is 1. The summed E-state index contributed by atoms with van der Waals surface area (Å²) in [4.78, 5) is 13.2. The van der Waals surface area contributed by atoms with Gasteiger partial charge in [0.25, 0.3) is 0 Å². The highest BCUT2D eigenvalue weighted by molar-refractivity contribution is 5.86. The van der Waals surface area contributed by atoms with Gasteiger partial charge in [-0.25, -0.2) is 0 Å². The van der Waals surface area contributed by atoms with Crippen molar-refractivity contribution in [3.63, 3.8) is 0 Å². The molecule has 0 saturated heterocycles. The fourth-order valence-electron chi connectivity index (χ4n) is 3.14. The monoisotopic (exact) mass is 374 g/mol. The van der Waals surface area contributed by atoms with Gasteiger partial charge in [-0.05, 0) is 18.9 Å². The molecule has 0 atom stereocenters. The van der Waals surface area contributed by atoms with Crippen molar-refractivity contribution in [3.8, 4) is 0 Å². The number of unbranched alkanes of at least 4 members (excludes halogenated alkanes) is 9. The summed E-state index contributed by atoms with van der Waals surface area (Å²) in [6.45, 7) is 9.01. The number of quaternary nitrogens is 1. The van der Waals surface area contributed by atoms with Crippen LogP contribution in [0.4, 0.5) is 0 Å². The van der Waals surface area contributed by atoms with Crippen molar-refractivity contribution in [2.45, 2.75) is 77.6 Å². The van der Waals surface area contributed by atoms with Crippen molar-refractivity contribution in [1.29, 1.82) is 0 Å². The van der Waals surface area contributed by atoms with Gasteiger partial charge in [0.2, 0.25) is 5.91 Å². The molecule has 0 bridgehead atoms. The van der Waals surface area contributed by atoms with Crippen LogP contribution < -0.4 is 12.4 Å². The highest BCUT2D eigenvalue weighted by Crippen LogP contribution is 2.12. The van der Waals surface area contributed by atoms with Crippen LogP contribution in [0.15, 0.2) is 12.7 Å². The van der Waals surface area contributed by atoms with Crippen molar-refractivity contribution >= 4 is 5.91 Å². The Morgan fingerprint density at radius 1 is 0.880 bits per heavy atom. The first-order valence-corrected chi connectivity index (χ1v) is 10.1. The Balaban J connectivity index is 0. The average molecular weight is 375 g/mol. The molecule has 25 heavy (non-hydrogen) atoms. The largest absolute Gasteiger partial charge is 1.00 e. The summed E-state index contributed by atoms with van der Waals surface area (Å²) in [5, 5.41) is 0. The lowest BCUT2D eigenvalue weighted by molar-refractivity contribution is -0.890. The number of carbonyl (C=O) groups is 1. The molecule has 0 unspecified atom stereocenters. The second kappa shape index (κ2) is 16.9. The lowest BCUT2D eigenvalue weighted by Crippen LogP contribution is -3.00. The molecule has 1 amide bonds. The number of likely N-dealkylation sites (N-methyl/N-ethyl adjacent to an activating group) is 1. The van der Waals surface area contributed by atoms with E-state index in [0.717, 1.165) is 24.0 Å². The minimum absolute atomic E-state index is 0. The molecule has 0 heterocycles. The fraction of sp³-hybridized carbons (Fsp3) is 0.857. The zero-order chi connectivity index (χ0) is 18.3. The Labute approximate surface area is 163 Å². The zero-order valence-corrected chi connectivity index (χ0v) is 18.1. The van der Waals surface area contributed by atoms with Gasteiger partial charge < -0.3 is 21.8 Å². The van der Waals surface area contributed by atoms with E-state index in [0.29, 0.717) is 0 Å². The van der Waals surface area contributed by atoms with Crippen LogP contribution in [0.1, 0.15) is 77.6 Å². The third kappa shape index (κ3) is 16.7. The lowest BCUT2D eigenvalue weighted by Gasteiger charge is -2.30. The Morgan fingerprint density at radius 3 is 1.80 bits per heavy atom. The lowest BCUT2D eigenvalue weighted by atomic mass is 10.1. The van der Waals surface area contributed by atoms with E-state index in [1.165, 1.54) is 76.8 Å². The maximum absolute atomic E-state index is 11.4. The van der Waals surface area contributed by atoms with E-state index in [1.807, 2.05) is 7.05 Å². The average Bonchev–Trinajstić information content (AvgIpc) is 2.55. The van der Waals surface area contributed by atoms with Crippen LogP contribution >= 0.6 is 0 Å². The number of hydrogen-bond acceptors (Lipinski definition) is 1. The van der Waals surface area contributed by atoms with E-state index in [4.69, 9.17) is 0 Å². The molecule has 4 heteroatoms. The fourth-order valence-corrected chi connectivity index (χ4v) is 3.14. The highest BCUT2D eigenvalue weighted by atomic mass is 35.5. The quantitative estimate of drug-likeness (QED) is 0.230.